The molecule has 1 fully saturated rings. The van der Waals surface area contributed by atoms with Gasteiger partial charge in [-0.25, -0.2) is 4.39 Å². The van der Waals surface area contributed by atoms with Gasteiger partial charge in [-0.3, -0.25) is 4.79 Å². The van der Waals surface area contributed by atoms with Crippen LogP contribution in [-0.4, -0.2) is 16.8 Å². The molecule has 0 bridgehead atoms. The second-order valence-corrected chi connectivity index (χ2v) is 5.64. The highest BCUT2D eigenvalue weighted by molar-refractivity contribution is 9.10. The molecule has 0 saturated heterocycles. The van der Waals surface area contributed by atoms with Crippen molar-refractivity contribution in [3.05, 3.63) is 58.2 Å². The smallest absolute Gasteiger partial charge is 0.255 e. The van der Waals surface area contributed by atoms with Gasteiger partial charge in [-0.1, -0.05) is 6.07 Å². The number of benzene rings is 1. The van der Waals surface area contributed by atoms with Gasteiger partial charge in [0.1, 0.15) is 11.6 Å². The zero-order valence-corrected chi connectivity index (χ0v) is 12.3. The number of hydrogen-bond acceptors (Lipinski definition) is 2. The summed E-state index contributed by atoms with van der Waals surface area (Å²) < 4.78 is 19.1. The molecule has 1 aromatic heterocycles. The molecular weight excluding hydrogens is 325 g/mol. The zero-order valence-electron chi connectivity index (χ0n) is 10.7. The standard InChI is InChI=1S/C15H13BrFNO2/c16-14-12(4-1-5-13(14)17)15(19)18(10-6-7-10)9-11-3-2-8-20-11/h1-5,8,10H,6-7,9H2. The van der Waals surface area contributed by atoms with Crippen molar-refractivity contribution in [2.45, 2.75) is 25.4 Å². The van der Waals surface area contributed by atoms with Crippen LogP contribution in [0.1, 0.15) is 29.0 Å². The Balaban J connectivity index is 1.87. The largest absolute Gasteiger partial charge is 0.467 e. The summed E-state index contributed by atoms with van der Waals surface area (Å²) in [7, 11) is 0. The predicted octanol–water partition coefficient (Wildman–Crippen LogP) is 3.99. The highest BCUT2D eigenvalue weighted by atomic mass is 79.9. The number of furan rings is 1. The fraction of sp³-hybridized carbons (Fsp3) is 0.267. The van der Waals surface area contributed by atoms with E-state index in [9.17, 15) is 9.18 Å². The summed E-state index contributed by atoms with van der Waals surface area (Å²) in [6, 6.07) is 8.36. The Labute approximate surface area is 124 Å². The van der Waals surface area contributed by atoms with Crippen molar-refractivity contribution in [1.82, 2.24) is 4.90 Å². The summed E-state index contributed by atoms with van der Waals surface area (Å²) in [6.45, 7) is 0.416. The van der Waals surface area contributed by atoms with Gasteiger partial charge in [0, 0.05) is 6.04 Å². The summed E-state index contributed by atoms with van der Waals surface area (Å²) in [5, 5.41) is 0. The van der Waals surface area contributed by atoms with Gasteiger partial charge in [-0.05, 0) is 53.0 Å². The van der Waals surface area contributed by atoms with Crippen molar-refractivity contribution >= 4 is 21.8 Å². The molecule has 0 N–H and O–H groups in total. The third kappa shape index (κ3) is 2.63. The van der Waals surface area contributed by atoms with Crippen LogP contribution in [0.3, 0.4) is 0 Å². The van der Waals surface area contributed by atoms with E-state index < -0.39 is 5.82 Å². The zero-order chi connectivity index (χ0) is 14.1. The lowest BCUT2D eigenvalue weighted by Gasteiger charge is -2.22. The van der Waals surface area contributed by atoms with Crippen LogP contribution in [0.15, 0.2) is 45.5 Å². The first kappa shape index (κ1) is 13.4. The second kappa shape index (κ2) is 5.40. The van der Waals surface area contributed by atoms with E-state index in [0.717, 1.165) is 18.6 Å². The maximum Gasteiger partial charge on any atom is 0.255 e. The van der Waals surface area contributed by atoms with E-state index in [0.29, 0.717) is 12.1 Å². The Bertz CT molecular complexity index is 623. The third-order valence-corrected chi connectivity index (χ3v) is 4.14. The van der Waals surface area contributed by atoms with Crippen LogP contribution in [0.25, 0.3) is 0 Å². The number of rotatable bonds is 4. The lowest BCUT2D eigenvalue weighted by Crippen LogP contribution is -2.32. The number of amides is 1. The van der Waals surface area contributed by atoms with E-state index in [4.69, 9.17) is 4.42 Å². The molecule has 1 aliphatic carbocycles. The van der Waals surface area contributed by atoms with E-state index >= 15 is 0 Å². The Kier molecular flexibility index (Phi) is 3.61. The molecule has 0 aliphatic heterocycles. The predicted molar refractivity (Wildman–Crippen MR) is 75.7 cm³/mol. The molecule has 0 radical (unpaired) electrons. The minimum atomic E-state index is -0.426. The number of halogens is 2. The molecule has 1 heterocycles. The first-order valence-electron chi connectivity index (χ1n) is 6.44. The minimum Gasteiger partial charge on any atom is -0.467 e. The van der Waals surface area contributed by atoms with Crippen LogP contribution in [0.4, 0.5) is 4.39 Å². The van der Waals surface area contributed by atoms with Gasteiger partial charge in [-0.15, -0.1) is 0 Å². The van der Waals surface area contributed by atoms with Crippen LogP contribution in [0.2, 0.25) is 0 Å². The molecule has 1 saturated carbocycles. The molecule has 1 aromatic carbocycles. The highest BCUT2D eigenvalue weighted by Gasteiger charge is 2.34. The van der Waals surface area contributed by atoms with E-state index in [2.05, 4.69) is 15.9 Å². The Hall–Kier alpha value is -1.62. The maximum absolute atomic E-state index is 13.6. The summed E-state index contributed by atoms with van der Waals surface area (Å²) in [6.07, 6.45) is 3.56. The monoisotopic (exact) mass is 337 g/mol. The van der Waals surface area contributed by atoms with Crippen molar-refractivity contribution < 1.29 is 13.6 Å². The van der Waals surface area contributed by atoms with E-state index in [-0.39, 0.29) is 16.4 Å². The van der Waals surface area contributed by atoms with Gasteiger partial charge in [0.05, 0.1) is 22.8 Å². The number of hydrogen-bond donors (Lipinski definition) is 0. The van der Waals surface area contributed by atoms with Gasteiger partial charge >= 0.3 is 0 Å². The molecule has 0 spiro atoms. The first-order chi connectivity index (χ1) is 9.66. The fourth-order valence-corrected chi connectivity index (χ4v) is 2.58. The molecular formula is C15H13BrFNO2. The first-order valence-corrected chi connectivity index (χ1v) is 7.23. The van der Waals surface area contributed by atoms with Crippen LogP contribution in [0.5, 0.6) is 0 Å². The van der Waals surface area contributed by atoms with Crippen molar-refractivity contribution in [3.8, 4) is 0 Å². The van der Waals surface area contributed by atoms with Gasteiger partial charge in [0.2, 0.25) is 0 Å². The third-order valence-electron chi connectivity index (χ3n) is 3.34. The van der Waals surface area contributed by atoms with Crippen LogP contribution >= 0.6 is 15.9 Å². The maximum atomic E-state index is 13.6. The molecule has 1 aliphatic rings. The minimum absolute atomic E-state index is 0.171. The van der Waals surface area contributed by atoms with Gasteiger partial charge in [-0.2, -0.15) is 0 Å². The molecule has 20 heavy (non-hydrogen) atoms. The lowest BCUT2D eigenvalue weighted by atomic mass is 10.2. The summed E-state index contributed by atoms with van der Waals surface area (Å²) in [4.78, 5) is 14.4. The van der Waals surface area contributed by atoms with Crippen LogP contribution in [0, 0.1) is 5.82 Å². The van der Waals surface area contributed by atoms with E-state index in [1.165, 1.54) is 6.07 Å². The van der Waals surface area contributed by atoms with Gasteiger partial charge in [0.25, 0.3) is 5.91 Å². The van der Waals surface area contributed by atoms with Crippen LogP contribution < -0.4 is 0 Å². The fourth-order valence-electron chi connectivity index (χ4n) is 2.15. The molecule has 2 aromatic rings. The van der Waals surface area contributed by atoms with Crippen molar-refractivity contribution in [2.75, 3.05) is 0 Å². The number of nitrogens with zero attached hydrogens (tertiary/aromatic N) is 1. The Morgan fingerprint density at radius 2 is 2.15 bits per heavy atom. The highest BCUT2D eigenvalue weighted by Crippen LogP contribution is 2.31. The summed E-state index contributed by atoms with van der Waals surface area (Å²) in [5.74, 6) is 0.137. The average molecular weight is 338 g/mol. The van der Waals surface area contributed by atoms with Gasteiger partial charge in [0.15, 0.2) is 0 Å². The SMILES string of the molecule is O=C(c1cccc(F)c1Br)N(Cc1ccco1)C1CC1. The quantitative estimate of drug-likeness (QED) is 0.845. The molecule has 3 nitrogen and oxygen atoms in total. The molecule has 5 heteroatoms. The lowest BCUT2D eigenvalue weighted by molar-refractivity contribution is 0.0716. The average Bonchev–Trinajstić information content (AvgIpc) is 3.15. The van der Waals surface area contributed by atoms with Crippen LogP contribution in [-0.2, 0) is 6.54 Å². The Morgan fingerprint density at radius 1 is 1.35 bits per heavy atom. The van der Waals surface area contributed by atoms with Gasteiger partial charge < -0.3 is 9.32 Å². The molecule has 0 unspecified atom stereocenters. The molecule has 1 amide bonds. The second-order valence-electron chi connectivity index (χ2n) is 4.84. The topological polar surface area (TPSA) is 33.5 Å². The normalized spacial score (nSPS) is 14.3. The molecule has 0 atom stereocenters. The summed E-state index contributed by atoms with van der Waals surface area (Å²) >= 11 is 3.15. The summed E-state index contributed by atoms with van der Waals surface area (Å²) in [5.41, 5.74) is 0.350. The number of carbonyl (C=O) groups is 1. The van der Waals surface area contributed by atoms with Crippen molar-refractivity contribution in [2.24, 2.45) is 0 Å². The molecule has 3 rings (SSSR count). The van der Waals surface area contributed by atoms with Crippen molar-refractivity contribution in [3.63, 3.8) is 0 Å². The van der Waals surface area contributed by atoms with E-state index in [1.807, 2.05) is 6.07 Å². The molecule has 104 valence electrons. The van der Waals surface area contributed by atoms with E-state index in [1.54, 1.807) is 29.4 Å². The number of carbonyl (C=O) groups excluding carboxylic acids is 1. The Morgan fingerprint density at radius 3 is 2.80 bits per heavy atom. The van der Waals surface area contributed by atoms with Crippen molar-refractivity contribution in [1.29, 1.82) is 0 Å².